The van der Waals surface area contributed by atoms with Crippen molar-refractivity contribution in [1.29, 1.82) is 0 Å². The van der Waals surface area contributed by atoms with Crippen LogP contribution in [0, 0.1) is 6.92 Å². The number of thioether (sulfide) groups is 1. The summed E-state index contributed by atoms with van der Waals surface area (Å²) in [7, 11) is 0. The average Bonchev–Trinajstić information content (AvgIpc) is 3.15. The number of nitrogens with zero attached hydrogens (tertiary/aromatic N) is 1. The molecular weight excluding hydrogens is 433 g/mol. The van der Waals surface area contributed by atoms with Gasteiger partial charge in [0, 0.05) is 29.3 Å². The quantitative estimate of drug-likeness (QED) is 0.315. The van der Waals surface area contributed by atoms with Gasteiger partial charge in [0.25, 0.3) is 0 Å². The van der Waals surface area contributed by atoms with E-state index >= 15 is 0 Å². The van der Waals surface area contributed by atoms with Crippen molar-refractivity contribution in [2.24, 2.45) is 0 Å². The van der Waals surface area contributed by atoms with Crippen molar-refractivity contribution in [3.05, 3.63) is 71.9 Å². The molecular formula is C25H28NNaO4S. The molecule has 5 nitrogen and oxygen atoms in total. The van der Waals surface area contributed by atoms with Gasteiger partial charge in [0.2, 0.25) is 0 Å². The number of hydrogen-bond acceptors (Lipinski definition) is 5. The number of carboxylic acids is 1. The van der Waals surface area contributed by atoms with E-state index in [1.807, 2.05) is 24.3 Å². The van der Waals surface area contributed by atoms with Gasteiger partial charge in [0.05, 0.1) is 12.5 Å². The van der Waals surface area contributed by atoms with E-state index < -0.39 is 12.1 Å². The van der Waals surface area contributed by atoms with Gasteiger partial charge < -0.3 is 23.9 Å². The predicted octanol–water partition coefficient (Wildman–Crippen LogP) is 0.966. The first kappa shape index (κ1) is 26.6. The fourth-order valence-corrected chi connectivity index (χ4v) is 3.89. The summed E-state index contributed by atoms with van der Waals surface area (Å²) in [6.45, 7) is 5.47. The van der Waals surface area contributed by atoms with Gasteiger partial charge in [0.1, 0.15) is 18.5 Å². The Labute approximate surface area is 216 Å². The van der Waals surface area contributed by atoms with E-state index in [1.165, 1.54) is 21.8 Å². The number of carbonyl (C=O) groups excluding carboxylic acids is 1. The summed E-state index contributed by atoms with van der Waals surface area (Å²) < 4.78 is 13.4. The molecule has 0 bridgehead atoms. The number of carbonyl (C=O) groups is 1. The third-order valence-electron chi connectivity index (χ3n) is 5.14. The number of aromatic nitrogens is 1. The van der Waals surface area contributed by atoms with Gasteiger partial charge in [-0.15, -0.1) is 11.8 Å². The van der Waals surface area contributed by atoms with Crippen molar-refractivity contribution in [3.63, 3.8) is 0 Å². The molecule has 0 radical (unpaired) electrons. The van der Waals surface area contributed by atoms with Crippen LogP contribution in [0.25, 0.3) is 11.3 Å². The third-order valence-corrected chi connectivity index (χ3v) is 5.89. The summed E-state index contributed by atoms with van der Waals surface area (Å²) in [6, 6.07) is 20.3. The maximum Gasteiger partial charge on any atom is 1.00 e. The normalized spacial score (nSPS) is 11.6. The van der Waals surface area contributed by atoms with E-state index in [0.29, 0.717) is 13.2 Å². The molecule has 0 spiro atoms. The van der Waals surface area contributed by atoms with E-state index in [4.69, 9.17) is 9.47 Å². The molecule has 0 saturated heterocycles. The molecule has 1 aromatic heterocycles. The first-order valence-corrected chi connectivity index (χ1v) is 11.6. The van der Waals surface area contributed by atoms with Crippen LogP contribution in [-0.2, 0) is 22.5 Å². The maximum atomic E-state index is 11.1. The van der Waals surface area contributed by atoms with E-state index in [9.17, 15) is 9.90 Å². The molecule has 1 atom stereocenters. The monoisotopic (exact) mass is 461 g/mol. The molecule has 0 unspecified atom stereocenters. The van der Waals surface area contributed by atoms with Gasteiger partial charge in [-0.3, -0.25) is 0 Å². The second kappa shape index (κ2) is 13.1. The second-order valence-electron chi connectivity index (χ2n) is 7.20. The summed E-state index contributed by atoms with van der Waals surface area (Å²) >= 11 is 1.74. The summed E-state index contributed by atoms with van der Waals surface area (Å²) in [5, 5.41) is 11.1. The van der Waals surface area contributed by atoms with Crippen LogP contribution >= 0.6 is 11.8 Å². The van der Waals surface area contributed by atoms with E-state index in [0.717, 1.165) is 17.9 Å². The van der Waals surface area contributed by atoms with Gasteiger partial charge >= 0.3 is 29.6 Å². The fourth-order valence-electron chi connectivity index (χ4n) is 3.48. The number of benzene rings is 2. The zero-order valence-corrected chi connectivity index (χ0v) is 22.0. The van der Waals surface area contributed by atoms with Gasteiger partial charge in [-0.05, 0) is 67.6 Å². The maximum absolute atomic E-state index is 11.1. The number of rotatable bonds is 11. The van der Waals surface area contributed by atoms with E-state index in [2.05, 4.69) is 54.1 Å². The van der Waals surface area contributed by atoms with Crippen LogP contribution in [-0.4, -0.2) is 36.1 Å². The Kier molecular flexibility index (Phi) is 10.9. The number of ether oxygens (including phenoxy) is 2. The first-order valence-electron chi connectivity index (χ1n) is 10.4. The molecule has 164 valence electrons. The molecule has 0 amide bonds. The molecule has 1 heterocycles. The fraction of sp³-hybridized carbons (Fsp3) is 0.320. The molecule has 0 aliphatic carbocycles. The van der Waals surface area contributed by atoms with Crippen LogP contribution in [0.3, 0.4) is 0 Å². The van der Waals surface area contributed by atoms with Crippen molar-refractivity contribution < 1.29 is 48.9 Å². The molecule has 0 aliphatic rings. The van der Waals surface area contributed by atoms with Crippen molar-refractivity contribution in [2.45, 2.75) is 37.8 Å². The van der Waals surface area contributed by atoms with Gasteiger partial charge in [-0.1, -0.05) is 24.3 Å². The smallest absolute Gasteiger partial charge is 0.547 e. The Balaban J connectivity index is 0.00000363. The molecule has 32 heavy (non-hydrogen) atoms. The van der Waals surface area contributed by atoms with Gasteiger partial charge in [-0.25, -0.2) is 0 Å². The Morgan fingerprint density at radius 2 is 1.75 bits per heavy atom. The third kappa shape index (κ3) is 7.15. The number of aryl methyl sites for hydroxylation is 1. The van der Waals surface area contributed by atoms with E-state index in [-0.39, 0.29) is 36.0 Å². The molecule has 2 aromatic carbocycles. The average molecular weight is 462 g/mol. The van der Waals surface area contributed by atoms with Crippen molar-refractivity contribution in [2.75, 3.05) is 19.5 Å². The minimum atomic E-state index is -1.19. The molecule has 3 aromatic rings. The Morgan fingerprint density at radius 3 is 2.34 bits per heavy atom. The van der Waals surface area contributed by atoms with Crippen LogP contribution in [0.4, 0.5) is 0 Å². The molecule has 0 aliphatic heterocycles. The van der Waals surface area contributed by atoms with E-state index in [1.54, 1.807) is 18.7 Å². The molecule has 0 N–H and O–H groups in total. The Morgan fingerprint density at radius 1 is 1.06 bits per heavy atom. The second-order valence-corrected chi connectivity index (χ2v) is 8.08. The molecule has 7 heteroatoms. The van der Waals surface area contributed by atoms with Gasteiger partial charge in [0.15, 0.2) is 0 Å². The SMILES string of the molecule is CCO[C@@H](Cc1ccc(OCCn2c(C)ccc2-c2ccc(SC)cc2)cc1)C(=O)[O-].[Na+]. The predicted molar refractivity (Wildman–Crippen MR) is 122 cm³/mol. The van der Waals surface area contributed by atoms with Crippen molar-refractivity contribution in [1.82, 2.24) is 4.57 Å². The van der Waals surface area contributed by atoms with Crippen molar-refractivity contribution >= 4 is 17.7 Å². The van der Waals surface area contributed by atoms with Crippen LogP contribution < -0.4 is 39.4 Å². The molecule has 0 fully saturated rings. The van der Waals surface area contributed by atoms with Crippen LogP contribution in [0.15, 0.2) is 65.6 Å². The summed E-state index contributed by atoms with van der Waals surface area (Å²) in [6.07, 6.45) is 1.42. The number of aliphatic carboxylic acids is 1. The zero-order valence-electron chi connectivity index (χ0n) is 19.2. The van der Waals surface area contributed by atoms with Crippen molar-refractivity contribution in [3.8, 4) is 17.0 Å². The first-order chi connectivity index (χ1) is 15.0. The van der Waals surface area contributed by atoms with Crippen LogP contribution in [0.1, 0.15) is 18.2 Å². The molecule has 0 saturated carbocycles. The van der Waals surface area contributed by atoms with Gasteiger partial charge in [-0.2, -0.15) is 0 Å². The van der Waals surface area contributed by atoms with Crippen LogP contribution in [0.5, 0.6) is 5.75 Å². The summed E-state index contributed by atoms with van der Waals surface area (Å²) in [4.78, 5) is 12.4. The number of hydrogen-bond donors (Lipinski definition) is 0. The largest absolute Gasteiger partial charge is 1.00 e. The zero-order chi connectivity index (χ0) is 22.2. The molecule has 3 rings (SSSR count). The Hall–Kier alpha value is -1.70. The minimum Gasteiger partial charge on any atom is -0.547 e. The minimum absolute atomic E-state index is 0. The topological polar surface area (TPSA) is 63.5 Å². The summed E-state index contributed by atoms with van der Waals surface area (Å²) in [5.74, 6) is -0.441. The standard InChI is InChI=1S/C25H29NO4S.Na/c1-4-29-24(25(27)28)17-19-6-10-21(11-7-19)30-16-15-26-18(2)5-14-23(26)20-8-12-22(31-3)13-9-20;/h5-14,24H,4,15-17H2,1-3H3,(H,27,28);/q;+1/p-1/t24-;/m0./s1. The number of carboxylic acid groups (broad SMARTS) is 1. The Bertz CT molecular complexity index is 986. The van der Waals surface area contributed by atoms with Crippen LogP contribution in [0.2, 0.25) is 0 Å². The summed E-state index contributed by atoms with van der Waals surface area (Å²) in [5.41, 5.74) is 4.42.